The first-order chi connectivity index (χ1) is 12.6. The first kappa shape index (κ1) is 15.8. The molecule has 1 amide bonds. The van der Waals surface area contributed by atoms with Gasteiger partial charge in [-0.3, -0.25) is 14.0 Å². The van der Waals surface area contributed by atoms with Crippen molar-refractivity contribution in [2.24, 2.45) is 7.05 Å². The van der Waals surface area contributed by atoms with Crippen LogP contribution >= 0.6 is 0 Å². The van der Waals surface area contributed by atoms with E-state index < -0.39 is 5.91 Å². The van der Waals surface area contributed by atoms with Crippen LogP contribution in [-0.2, 0) is 13.6 Å². The number of furan rings is 1. The number of hydrogen-bond donors (Lipinski definition) is 2. The van der Waals surface area contributed by atoms with Crippen molar-refractivity contribution in [2.75, 3.05) is 5.73 Å². The van der Waals surface area contributed by atoms with E-state index in [1.807, 2.05) is 0 Å². The van der Waals surface area contributed by atoms with E-state index in [4.69, 9.17) is 10.2 Å². The number of nitrogen functional groups attached to an aromatic ring is 1. The normalized spacial score (nSPS) is 11.1. The van der Waals surface area contributed by atoms with E-state index in [9.17, 15) is 9.59 Å². The number of fused-ring (bicyclic) bond motifs is 2. The molecule has 0 bridgehead atoms. The van der Waals surface area contributed by atoms with Crippen LogP contribution in [0.15, 0.2) is 58.1 Å². The second kappa shape index (κ2) is 5.99. The van der Waals surface area contributed by atoms with Gasteiger partial charge in [0.1, 0.15) is 16.7 Å². The molecule has 4 heterocycles. The summed E-state index contributed by atoms with van der Waals surface area (Å²) in [6.07, 6.45) is 3.17. The van der Waals surface area contributed by atoms with Gasteiger partial charge in [-0.25, -0.2) is 4.57 Å². The Morgan fingerprint density at radius 2 is 2.19 bits per heavy atom. The Kier molecular flexibility index (Phi) is 3.65. The number of amides is 1. The number of anilines is 1. The third kappa shape index (κ3) is 2.48. The van der Waals surface area contributed by atoms with Gasteiger partial charge in [0.05, 0.1) is 19.9 Å². The standard InChI is InChI=1S/C18H15N5O3/c1-22-15(19)12(17(24)20-10-11-5-4-8-26-11)9-13-16(22)21-14-6-2-3-7-23(14)18(13)25/h2-9,19H,10H2,1H3,(H,20,24)/p+1. The molecule has 0 saturated heterocycles. The van der Waals surface area contributed by atoms with Gasteiger partial charge in [-0.1, -0.05) is 11.1 Å². The zero-order valence-corrected chi connectivity index (χ0v) is 14.0. The predicted octanol–water partition coefficient (Wildman–Crippen LogP) is 0.777. The monoisotopic (exact) mass is 350 g/mol. The van der Waals surface area contributed by atoms with Crippen molar-refractivity contribution in [3.8, 4) is 0 Å². The molecule has 130 valence electrons. The highest BCUT2D eigenvalue weighted by Gasteiger charge is 2.22. The van der Waals surface area contributed by atoms with Crippen molar-refractivity contribution in [2.45, 2.75) is 6.54 Å². The van der Waals surface area contributed by atoms with E-state index in [2.05, 4.69) is 10.3 Å². The molecule has 4 aromatic rings. The largest absolute Gasteiger partial charge is 0.467 e. The molecule has 0 saturated carbocycles. The summed E-state index contributed by atoms with van der Waals surface area (Å²) in [5, 5.41) is 3.05. The average Bonchev–Trinajstić information content (AvgIpc) is 3.17. The number of nitrogens with one attached hydrogen (secondary N) is 1. The summed E-state index contributed by atoms with van der Waals surface area (Å²) in [4.78, 5) is 29.8. The van der Waals surface area contributed by atoms with Crippen molar-refractivity contribution in [1.82, 2.24) is 14.7 Å². The first-order valence-electron chi connectivity index (χ1n) is 7.96. The topological polar surface area (TPSA) is 107 Å². The van der Waals surface area contributed by atoms with Crippen LogP contribution in [0.25, 0.3) is 16.7 Å². The molecule has 0 aromatic carbocycles. The fraction of sp³-hybridized carbons (Fsp3) is 0.111. The predicted molar refractivity (Wildman–Crippen MR) is 94.4 cm³/mol. The summed E-state index contributed by atoms with van der Waals surface area (Å²) in [5.41, 5.74) is 7.00. The number of aryl methyl sites for hydroxylation is 1. The number of pyridine rings is 2. The third-order valence-corrected chi connectivity index (χ3v) is 4.24. The van der Waals surface area contributed by atoms with Gasteiger partial charge in [0.2, 0.25) is 11.5 Å². The molecular weight excluding hydrogens is 334 g/mol. The van der Waals surface area contributed by atoms with Gasteiger partial charge in [0.15, 0.2) is 0 Å². The maximum Gasteiger partial charge on any atom is 0.278 e. The number of hydrogen-bond acceptors (Lipinski definition) is 5. The lowest BCUT2D eigenvalue weighted by atomic mass is 10.2. The molecule has 4 rings (SSSR count). The minimum Gasteiger partial charge on any atom is -0.467 e. The van der Waals surface area contributed by atoms with Crippen LogP contribution in [0.5, 0.6) is 0 Å². The fourth-order valence-electron chi connectivity index (χ4n) is 2.84. The quantitative estimate of drug-likeness (QED) is 0.419. The Labute approximate surface area is 147 Å². The maximum atomic E-state index is 12.8. The van der Waals surface area contributed by atoms with Gasteiger partial charge in [-0.2, -0.15) is 0 Å². The van der Waals surface area contributed by atoms with Crippen LogP contribution in [0.2, 0.25) is 0 Å². The Morgan fingerprint density at radius 1 is 1.35 bits per heavy atom. The highest BCUT2D eigenvalue weighted by molar-refractivity contribution is 6.00. The second-order valence-electron chi connectivity index (χ2n) is 5.85. The van der Waals surface area contributed by atoms with Crippen LogP contribution in [0.3, 0.4) is 0 Å². The van der Waals surface area contributed by atoms with Gasteiger partial charge in [-0.15, -0.1) is 0 Å². The van der Waals surface area contributed by atoms with E-state index in [1.54, 1.807) is 48.1 Å². The number of carbonyl (C=O) groups excluding carboxylic acids is 1. The summed E-state index contributed by atoms with van der Waals surface area (Å²) >= 11 is 0. The van der Waals surface area contributed by atoms with Crippen molar-refractivity contribution in [3.63, 3.8) is 0 Å². The number of carbonyl (C=O) groups is 1. The minimum absolute atomic E-state index is 0.210. The highest BCUT2D eigenvalue weighted by atomic mass is 16.3. The Hall–Kier alpha value is -3.68. The molecule has 0 aliphatic carbocycles. The van der Waals surface area contributed by atoms with Crippen molar-refractivity contribution < 1.29 is 13.8 Å². The van der Waals surface area contributed by atoms with E-state index in [-0.39, 0.29) is 23.5 Å². The lowest BCUT2D eigenvalue weighted by Crippen LogP contribution is -2.39. The summed E-state index contributed by atoms with van der Waals surface area (Å²) in [6.45, 7) is 0.224. The molecule has 8 heteroatoms. The summed E-state index contributed by atoms with van der Waals surface area (Å²) in [6, 6.07) is 10.3. The minimum atomic E-state index is -0.394. The first-order valence-corrected chi connectivity index (χ1v) is 7.96. The number of aromatic nitrogens is 3. The Balaban J connectivity index is 1.84. The molecular formula is C18H16N5O3+. The molecule has 0 spiro atoms. The van der Waals surface area contributed by atoms with Gasteiger partial charge >= 0.3 is 0 Å². The molecule has 26 heavy (non-hydrogen) atoms. The lowest BCUT2D eigenvalue weighted by molar-refractivity contribution is -0.632. The summed E-state index contributed by atoms with van der Waals surface area (Å²) in [7, 11) is 1.67. The van der Waals surface area contributed by atoms with E-state index in [0.29, 0.717) is 22.4 Å². The van der Waals surface area contributed by atoms with Crippen LogP contribution < -0.4 is 21.2 Å². The van der Waals surface area contributed by atoms with Gasteiger partial charge in [-0.05, 0) is 30.3 Å². The zero-order valence-electron chi connectivity index (χ0n) is 14.0. The zero-order chi connectivity index (χ0) is 18.3. The molecule has 8 nitrogen and oxygen atoms in total. The van der Waals surface area contributed by atoms with E-state index in [0.717, 1.165) is 0 Å². The smallest absolute Gasteiger partial charge is 0.278 e. The van der Waals surface area contributed by atoms with Crippen molar-refractivity contribution in [1.29, 1.82) is 0 Å². The van der Waals surface area contributed by atoms with E-state index >= 15 is 0 Å². The van der Waals surface area contributed by atoms with Crippen LogP contribution in [0.4, 0.5) is 5.82 Å². The number of nitrogens with zero attached hydrogens (tertiary/aromatic N) is 3. The molecule has 0 unspecified atom stereocenters. The second-order valence-corrected chi connectivity index (χ2v) is 5.85. The van der Waals surface area contributed by atoms with Crippen LogP contribution in [0, 0.1) is 0 Å². The molecule has 3 N–H and O–H groups in total. The van der Waals surface area contributed by atoms with Gasteiger partial charge < -0.3 is 15.5 Å². The fourth-order valence-corrected chi connectivity index (χ4v) is 2.84. The SMILES string of the molecule is C[n+]1c(N)c(C(=O)NCc2ccco2)cc2c(=O)n3ccccc3nc21. The van der Waals surface area contributed by atoms with E-state index in [1.165, 1.54) is 16.7 Å². The van der Waals surface area contributed by atoms with Crippen LogP contribution in [0.1, 0.15) is 16.1 Å². The van der Waals surface area contributed by atoms with Gasteiger partial charge in [0, 0.05) is 6.20 Å². The molecule has 0 atom stereocenters. The summed E-state index contributed by atoms with van der Waals surface area (Å²) < 4.78 is 8.18. The molecule has 0 fully saturated rings. The average molecular weight is 350 g/mol. The molecule has 0 radical (unpaired) electrons. The lowest BCUT2D eigenvalue weighted by Gasteiger charge is -2.09. The van der Waals surface area contributed by atoms with Gasteiger partial charge in [0.25, 0.3) is 17.1 Å². The summed E-state index contributed by atoms with van der Waals surface area (Å²) in [5.74, 6) is 0.449. The maximum absolute atomic E-state index is 12.8. The number of nitrogens with two attached hydrogens (primary N) is 1. The Morgan fingerprint density at radius 3 is 2.96 bits per heavy atom. The molecule has 4 aromatic heterocycles. The van der Waals surface area contributed by atoms with Crippen LogP contribution in [-0.4, -0.2) is 15.3 Å². The van der Waals surface area contributed by atoms with Crippen molar-refractivity contribution >= 4 is 28.4 Å². The molecule has 0 aliphatic heterocycles. The Bertz CT molecular complexity index is 1200. The van der Waals surface area contributed by atoms with Crippen molar-refractivity contribution in [3.05, 3.63) is 70.5 Å². The molecule has 0 aliphatic rings. The number of rotatable bonds is 3. The third-order valence-electron chi connectivity index (χ3n) is 4.24. The highest BCUT2D eigenvalue weighted by Crippen LogP contribution is 2.14.